The highest BCUT2D eigenvalue weighted by Gasteiger charge is 2.20. The van der Waals surface area contributed by atoms with Crippen molar-refractivity contribution in [2.45, 2.75) is 43.5 Å². The Balaban J connectivity index is 2.16. The Morgan fingerprint density at radius 3 is 2.71 bits per heavy atom. The highest BCUT2D eigenvalue weighted by molar-refractivity contribution is 8.00. The fraction of sp³-hybridized carbons (Fsp3) is 0.353. The summed E-state index contributed by atoms with van der Waals surface area (Å²) in [7, 11) is 0. The number of thioether (sulfide) groups is 1. The maximum absolute atomic E-state index is 12.5. The largest absolute Gasteiger partial charge is 0.324 e. The van der Waals surface area contributed by atoms with Crippen molar-refractivity contribution in [3.63, 3.8) is 0 Å². The van der Waals surface area contributed by atoms with Gasteiger partial charge in [0.05, 0.1) is 21.7 Å². The molecule has 5 nitrogen and oxygen atoms in total. The zero-order valence-corrected chi connectivity index (χ0v) is 15.4. The molecule has 1 heterocycles. The van der Waals surface area contributed by atoms with Crippen LogP contribution in [0.1, 0.15) is 38.8 Å². The van der Waals surface area contributed by atoms with Gasteiger partial charge in [0.25, 0.3) is 5.56 Å². The first-order valence-electron chi connectivity index (χ1n) is 7.74. The first kappa shape index (κ1) is 18.5. The van der Waals surface area contributed by atoms with Crippen LogP contribution in [0, 0.1) is 0 Å². The normalized spacial score (nSPS) is 12.2. The highest BCUT2D eigenvalue weighted by atomic mass is 35.5. The highest BCUT2D eigenvalue weighted by Crippen LogP contribution is 2.26. The quantitative estimate of drug-likeness (QED) is 0.598. The topological polar surface area (TPSA) is 74.8 Å². The Bertz CT molecular complexity index is 776. The van der Waals surface area contributed by atoms with Crippen molar-refractivity contribution in [2.75, 3.05) is 5.32 Å². The van der Waals surface area contributed by atoms with Gasteiger partial charge in [-0.05, 0) is 24.5 Å². The van der Waals surface area contributed by atoms with Crippen LogP contribution in [0.25, 0.3) is 0 Å². The summed E-state index contributed by atoms with van der Waals surface area (Å²) < 4.78 is 0. The second kappa shape index (κ2) is 8.35. The number of benzene rings is 1. The van der Waals surface area contributed by atoms with E-state index in [0.29, 0.717) is 28.0 Å². The fourth-order valence-electron chi connectivity index (χ4n) is 2.04. The smallest absolute Gasteiger partial charge is 0.251 e. The van der Waals surface area contributed by atoms with Crippen molar-refractivity contribution in [1.82, 2.24) is 9.97 Å². The molecule has 1 amide bonds. The lowest BCUT2D eigenvalue weighted by atomic mass is 10.1. The van der Waals surface area contributed by atoms with Gasteiger partial charge in [-0.1, -0.05) is 56.3 Å². The van der Waals surface area contributed by atoms with Crippen molar-refractivity contribution in [1.29, 1.82) is 0 Å². The van der Waals surface area contributed by atoms with Crippen LogP contribution < -0.4 is 10.9 Å². The molecule has 0 aliphatic carbocycles. The van der Waals surface area contributed by atoms with Crippen LogP contribution in [-0.2, 0) is 4.79 Å². The SMILES string of the molecule is CCC(Sc1nc(C(C)C)cc(=O)[nH]1)C(=O)Nc1ccccc1Cl. The van der Waals surface area contributed by atoms with Crippen LogP contribution in [0.5, 0.6) is 0 Å². The Kier molecular flexibility index (Phi) is 6.45. The molecule has 1 aromatic carbocycles. The van der Waals surface area contributed by atoms with Crippen molar-refractivity contribution in [3.05, 3.63) is 51.4 Å². The Labute approximate surface area is 150 Å². The van der Waals surface area contributed by atoms with Gasteiger partial charge in [0.1, 0.15) is 0 Å². The molecule has 7 heteroatoms. The third-order valence-corrected chi connectivity index (χ3v) is 4.96. The fourth-order valence-corrected chi connectivity index (χ4v) is 3.14. The maximum atomic E-state index is 12.5. The van der Waals surface area contributed by atoms with Crippen LogP contribution in [0.4, 0.5) is 5.69 Å². The summed E-state index contributed by atoms with van der Waals surface area (Å²) in [6, 6.07) is 8.56. The monoisotopic (exact) mass is 365 g/mol. The van der Waals surface area contributed by atoms with E-state index in [1.165, 1.54) is 17.8 Å². The number of para-hydroxylation sites is 1. The summed E-state index contributed by atoms with van der Waals surface area (Å²) in [5.41, 5.74) is 1.07. The molecule has 2 N–H and O–H groups in total. The number of hydrogen-bond donors (Lipinski definition) is 2. The molecule has 24 heavy (non-hydrogen) atoms. The number of hydrogen-bond acceptors (Lipinski definition) is 4. The molecular weight excluding hydrogens is 346 g/mol. The molecule has 128 valence electrons. The third kappa shape index (κ3) is 4.85. The van der Waals surface area contributed by atoms with Crippen molar-refractivity contribution in [3.8, 4) is 0 Å². The van der Waals surface area contributed by atoms with Gasteiger partial charge in [-0.2, -0.15) is 0 Å². The van der Waals surface area contributed by atoms with Gasteiger partial charge >= 0.3 is 0 Å². The van der Waals surface area contributed by atoms with Crippen LogP contribution in [-0.4, -0.2) is 21.1 Å². The van der Waals surface area contributed by atoms with Crippen LogP contribution in [0.3, 0.4) is 0 Å². The predicted molar refractivity (Wildman–Crippen MR) is 99.0 cm³/mol. The van der Waals surface area contributed by atoms with E-state index in [9.17, 15) is 9.59 Å². The lowest BCUT2D eigenvalue weighted by Gasteiger charge is -2.15. The number of nitrogens with one attached hydrogen (secondary N) is 2. The molecule has 0 saturated carbocycles. The zero-order chi connectivity index (χ0) is 17.7. The molecular formula is C17H20ClN3O2S. The van der Waals surface area contributed by atoms with Gasteiger partial charge in [0, 0.05) is 6.07 Å². The Morgan fingerprint density at radius 2 is 2.08 bits per heavy atom. The third-order valence-electron chi connectivity index (χ3n) is 3.38. The number of aromatic nitrogens is 2. The number of halogens is 1. The zero-order valence-electron chi connectivity index (χ0n) is 13.8. The van der Waals surface area contributed by atoms with E-state index in [1.54, 1.807) is 24.3 Å². The van der Waals surface area contributed by atoms with Gasteiger partial charge < -0.3 is 10.3 Å². The molecule has 2 aromatic rings. The molecule has 0 fully saturated rings. The minimum Gasteiger partial charge on any atom is -0.324 e. The molecule has 0 radical (unpaired) electrons. The van der Waals surface area contributed by atoms with Crippen LogP contribution >= 0.6 is 23.4 Å². The standard InChI is InChI=1S/C17H20ClN3O2S/c1-4-14(16(23)19-12-8-6-5-7-11(12)18)24-17-20-13(10(2)3)9-15(22)21-17/h5-10,14H,4H2,1-3H3,(H,19,23)(H,20,21,22). The molecule has 0 bridgehead atoms. The summed E-state index contributed by atoms with van der Waals surface area (Å²) in [6.45, 7) is 5.85. The molecule has 1 unspecified atom stereocenters. The Hall–Kier alpha value is -1.79. The van der Waals surface area contributed by atoms with E-state index < -0.39 is 0 Å². The average molecular weight is 366 g/mol. The van der Waals surface area contributed by atoms with Gasteiger partial charge in [-0.15, -0.1) is 0 Å². The molecule has 0 aliphatic rings. The summed E-state index contributed by atoms with van der Waals surface area (Å²) in [4.78, 5) is 31.4. The lowest BCUT2D eigenvalue weighted by molar-refractivity contribution is -0.115. The maximum Gasteiger partial charge on any atom is 0.251 e. The van der Waals surface area contributed by atoms with Gasteiger partial charge in [-0.25, -0.2) is 4.98 Å². The second-order valence-corrected chi connectivity index (χ2v) is 7.21. The average Bonchev–Trinajstić information content (AvgIpc) is 2.54. The van der Waals surface area contributed by atoms with Gasteiger partial charge in [-0.3, -0.25) is 9.59 Å². The van der Waals surface area contributed by atoms with E-state index in [2.05, 4.69) is 15.3 Å². The van der Waals surface area contributed by atoms with Gasteiger partial charge in [0.15, 0.2) is 5.16 Å². The van der Waals surface area contributed by atoms with Crippen LogP contribution in [0.15, 0.2) is 40.3 Å². The molecule has 0 aliphatic heterocycles. The number of carbonyl (C=O) groups excluding carboxylic acids is 1. The van der Waals surface area contributed by atoms with Crippen molar-refractivity contribution >= 4 is 35.0 Å². The minimum absolute atomic E-state index is 0.142. The molecule has 1 atom stereocenters. The Morgan fingerprint density at radius 1 is 1.38 bits per heavy atom. The van der Waals surface area contributed by atoms with E-state index in [4.69, 9.17) is 11.6 Å². The number of nitrogens with zero attached hydrogens (tertiary/aromatic N) is 1. The number of carbonyl (C=O) groups is 1. The molecule has 0 spiro atoms. The number of aromatic amines is 1. The summed E-state index contributed by atoms with van der Waals surface area (Å²) in [6.07, 6.45) is 0.594. The first-order chi connectivity index (χ1) is 11.4. The molecule has 2 rings (SSSR count). The van der Waals surface area contributed by atoms with Crippen LogP contribution in [0.2, 0.25) is 5.02 Å². The van der Waals surface area contributed by atoms with E-state index >= 15 is 0 Å². The second-order valence-electron chi connectivity index (χ2n) is 5.61. The first-order valence-corrected chi connectivity index (χ1v) is 8.99. The summed E-state index contributed by atoms with van der Waals surface area (Å²) >= 11 is 7.32. The molecule has 1 aromatic heterocycles. The number of amides is 1. The summed E-state index contributed by atoms with van der Waals surface area (Å²) in [5.74, 6) is -0.0307. The van der Waals surface area contributed by atoms with Crippen molar-refractivity contribution in [2.24, 2.45) is 0 Å². The predicted octanol–water partition coefficient (Wildman–Crippen LogP) is 4.06. The lowest BCUT2D eigenvalue weighted by Crippen LogP contribution is -2.25. The number of H-pyrrole nitrogens is 1. The van der Waals surface area contributed by atoms with E-state index in [0.717, 1.165) is 0 Å². The molecule has 0 saturated heterocycles. The van der Waals surface area contributed by atoms with E-state index in [-0.39, 0.29) is 22.6 Å². The summed E-state index contributed by atoms with van der Waals surface area (Å²) in [5, 5.41) is 3.38. The number of anilines is 1. The van der Waals surface area contributed by atoms with Gasteiger partial charge in [0.2, 0.25) is 5.91 Å². The van der Waals surface area contributed by atoms with E-state index in [1.807, 2.05) is 20.8 Å². The van der Waals surface area contributed by atoms with Crippen molar-refractivity contribution < 1.29 is 4.79 Å². The minimum atomic E-state index is -0.383. The number of rotatable bonds is 6.